The van der Waals surface area contributed by atoms with Crippen LogP contribution in [0, 0.1) is 5.92 Å². The molecule has 2 aromatic heterocycles. The summed E-state index contributed by atoms with van der Waals surface area (Å²) in [6.07, 6.45) is 3.16. The predicted molar refractivity (Wildman–Crippen MR) is 126 cm³/mol. The first-order valence-electron chi connectivity index (χ1n) is 11.3. The van der Waals surface area contributed by atoms with Crippen molar-refractivity contribution in [2.75, 3.05) is 20.3 Å². The minimum absolute atomic E-state index is 0.271. The average Bonchev–Trinajstić information content (AvgIpc) is 3.45. The molecular weight excluding hydrogens is 404 g/mol. The Morgan fingerprint density at radius 3 is 2.66 bits per heavy atom. The molecule has 0 aliphatic heterocycles. The molecule has 6 heteroatoms. The molecule has 0 spiro atoms. The molecule has 0 fully saturated rings. The maximum absolute atomic E-state index is 10.7. The van der Waals surface area contributed by atoms with Gasteiger partial charge in [0, 0.05) is 37.6 Å². The third-order valence-corrected chi connectivity index (χ3v) is 5.90. The van der Waals surface area contributed by atoms with Crippen LogP contribution in [0.1, 0.15) is 37.8 Å². The Labute approximate surface area is 191 Å². The Kier molecular flexibility index (Phi) is 8.97. The number of ether oxygens (including phenoxy) is 2. The quantitative estimate of drug-likeness (QED) is 0.422. The van der Waals surface area contributed by atoms with Gasteiger partial charge in [-0.05, 0) is 54.8 Å². The standard InChI is InChI=1S/C26H36N2O4/c1-20(2)21(3)28(17-24(29)18-31-19-26-11-7-13-32-26)16-23-9-6-12-27(23)15-22-8-5-10-25(14-22)30-4/h5-14,20-21,24,29H,15-19H2,1-4H3. The molecule has 1 aromatic carbocycles. The second kappa shape index (κ2) is 11.9. The highest BCUT2D eigenvalue weighted by molar-refractivity contribution is 5.29. The van der Waals surface area contributed by atoms with Crippen LogP contribution in [0.4, 0.5) is 0 Å². The number of hydrogen-bond acceptors (Lipinski definition) is 5. The van der Waals surface area contributed by atoms with Gasteiger partial charge in [0.05, 0.1) is 26.1 Å². The van der Waals surface area contributed by atoms with E-state index in [-0.39, 0.29) is 6.61 Å². The summed E-state index contributed by atoms with van der Waals surface area (Å²) in [4.78, 5) is 2.34. The second-order valence-electron chi connectivity index (χ2n) is 8.64. The van der Waals surface area contributed by atoms with Crippen LogP contribution in [0.2, 0.25) is 0 Å². The van der Waals surface area contributed by atoms with E-state index in [0.29, 0.717) is 25.1 Å². The first kappa shape index (κ1) is 24.1. The van der Waals surface area contributed by atoms with Gasteiger partial charge in [0.2, 0.25) is 0 Å². The van der Waals surface area contributed by atoms with Gasteiger partial charge in [0.25, 0.3) is 0 Å². The molecule has 2 heterocycles. The first-order valence-corrected chi connectivity index (χ1v) is 11.3. The SMILES string of the molecule is COc1cccc(Cn2cccc2CN(CC(O)COCc2ccco2)C(C)C(C)C)c1. The number of aliphatic hydroxyl groups excluding tert-OH is 1. The number of rotatable bonds is 13. The average molecular weight is 441 g/mol. The second-order valence-corrected chi connectivity index (χ2v) is 8.64. The molecule has 0 saturated carbocycles. The van der Waals surface area contributed by atoms with Crippen molar-refractivity contribution in [3.8, 4) is 5.75 Å². The van der Waals surface area contributed by atoms with Crippen molar-refractivity contribution in [1.82, 2.24) is 9.47 Å². The first-order chi connectivity index (χ1) is 15.5. The molecule has 2 atom stereocenters. The summed E-state index contributed by atoms with van der Waals surface area (Å²) in [5.74, 6) is 2.09. The van der Waals surface area contributed by atoms with E-state index < -0.39 is 6.10 Å². The van der Waals surface area contributed by atoms with Gasteiger partial charge in [0.1, 0.15) is 18.1 Å². The number of hydrogen-bond donors (Lipinski definition) is 1. The van der Waals surface area contributed by atoms with Crippen molar-refractivity contribution in [3.63, 3.8) is 0 Å². The third-order valence-electron chi connectivity index (χ3n) is 5.90. The summed E-state index contributed by atoms with van der Waals surface area (Å²) in [5.41, 5.74) is 2.40. The molecule has 0 radical (unpaired) electrons. The summed E-state index contributed by atoms with van der Waals surface area (Å²) in [6.45, 7) is 9.36. The summed E-state index contributed by atoms with van der Waals surface area (Å²) < 4.78 is 18.6. The molecule has 0 aliphatic carbocycles. The fraction of sp³-hybridized carbons (Fsp3) is 0.462. The Morgan fingerprint density at radius 1 is 1.09 bits per heavy atom. The van der Waals surface area contributed by atoms with Gasteiger partial charge in [-0.3, -0.25) is 4.90 Å². The summed E-state index contributed by atoms with van der Waals surface area (Å²) in [5, 5.41) is 10.7. The zero-order chi connectivity index (χ0) is 22.9. The van der Waals surface area contributed by atoms with Gasteiger partial charge in [-0.25, -0.2) is 0 Å². The summed E-state index contributed by atoms with van der Waals surface area (Å²) in [7, 11) is 1.69. The molecule has 2 unspecified atom stereocenters. The highest BCUT2D eigenvalue weighted by Gasteiger charge is 2.22. The minimum atomic E-state index is -0.576. The zero-order valence-corrected chi connectivity index (χ0v) is 19.6. The lowest BCUT2D eigenvalue weighted by Gasteiger charge is -2.33. The molecule has 3 aromatic rings. The van der Waals surface area contributed by atoms with Crippen LogP contribution in [0.15, 0.2) is 65.4 Å². The van der Waals surface area contributed by atoms with Crippen molar-refractivity contribution >= 4 is 0 Å². The minimum Gasteiger partial charge on any atom is -0.497 e. The topological polar surface area (TPSA) is 60.0 Å². The van der Waals surface area contributed by atoms with E-state index in [0.717, 1.165) is 24.6 Å². The molecule has 6 nitrogen and oxygen atoms in total. The Morgan fingerprint density at radius 2 is 1.94 bits per heavy atom. The van der Waals surface area contributed by atoms with Gasteiger partial charge in [-0.1, -0.05) is 26.0 Å². The maximum atomic E-state index is 10.7. The fourth-order valence-corrected chi connectivity index (χ4v) is 3.73. The third kappa shape index (κ3) is 6.99. The van der Waals surface area contributed by atoms with Crippen LogP contribution < -0.4 is 4.74 Å². The van der Waals surface area contributed by atoms with Crippen molar-refractivity contribution in [3.05, 3.63) is 78.0 Å². The van der Waals surface area contributed by atoms with Crippen molar-refractivity contribution < 1.29 is 19.0 Å². The summed E-state index contributed by atoms with van der Waals surface area (Å²) >= 11 is 0. The van der Waals surface area contributed by atoms with Crippen molar-refractivity contribution in [2.45, 2.75) is 52.6 Å². The van der Waals surface area contributed by atoms with Gasteiger partial charge in [-0.15, -0.1) is 0 Å². The monoisotopic (exact) mass is 440 g/mol. The highest BCUT2D eigenvalue weighted by atomic mass is 16.5. The van der Waals surface area contributed by atoms with E-state index in [9.17, 15) is 5.11 Å². The number of aromatic nitrogens is 1. The van der Waals surface area contributed by atoms with E-state index in [1.165, 1.54) is 11.3 Å². The molecule has 0 amide bonds. The largest absolute Gasteiger partial charge is 0.497 e. The van der Waals surface area contributed by atoms with Crippen LogP contribution in [-0.2, 0) is 24.4 Å². The Bertz CT molecular complexity index is 920. The van der Waals surface area contributed by atoms with E-state index in [1.54, 1.807) is 13.4 Å². The molecule has 32 heavy (non-hydrogen) atoms. The number of methoxy groups -OCH3 is 1. The highest BCUT2D eigenvalue weighted by Crippen LogP contribution is 2.19. The number of benzene rings is 1. The Balaban J connectivity index is 1.63. The van der Waals surface area contributed by atoms with E-state index in [2.05, 4.69) is 60.7 Å². The molecule has 0 bridgehead atoms. The maximum Gasteiger partial charge on any atom is 0.129 e. The number of furan rings is 1. The van der Waals surface area contributed by atoms with Gasteiger partial charge < -0.3 is 23.6 Å². The molecule has 0 saturated heterocycles. The molecule has 174 valence electrons. The molecule has 1 N–H and O–H groups in total. The smallest absolute Gasteiger partial charge is 0.129 e. The van der Waals surface area contributed by atoms with Crippen molar-refractivity contribution in [1.29, 1.82) is 0 Å². The molecule has 3 rings (SSSR count). The number of aliphatic hydroxyl groups is 1. The van der Waals surface area contributed by atoms with Crippen LogP contribution >= 0.6 is 0 Å². The fourth-order valence-electron chi connectivity index (χ4n) is 3.73. The van der Waals surface area contributed by atoms with Crippen LogP contribution in [0.5, 0.6) is 5.75 Å². The van der Waals surface area contributed by atoms with Gasteiger partial charge in [-0.2, -0.15) is 0 Å². The molecule has 0 aliphatic rings. The lowest BCUT2D eigenvalue weighted by molar-refractivity contribution is -0.00661. The van der Waals surface area contributed by atoms with Gasteiger partial charge in [0.15, 0.2) is 0 Å². The summed E-state index contributed by atoms with van der Waals surface area (Å²) in [6, 6.07) is 16.4. The molecular formula is C26H36N2O4. The van der Waals surface area contributed by atoms with E-state index in [1.807, 2.05) is 24.3 Å². The van der Waals surface area contributed by atoms with Crippen molar-refractivity contribution in [2.24, 2.45) is 5.92 Å². The normalized spacial score (nSPS) is 13.6. The van der Waals surface area contributed by atoms with E-state index >= 15 is 0 Å². The number of nitrogens with zero attached hydrogens (tertiary/aromatic N) is 2. The van der Waals surface area contributed by atoms with Crippen LogP contribution in [0.25, 0.3) is 0 Å². The lowest BCUT2D eigenvalue weighted by Crippen LogP contribution is -2.42. The Hall–Kier alpha value is -2.54. The van der Waals surface area contributed by atoms with E-state index in [4.69, 9.17) is 13.9 Å². The van der Waals surface area contributed by atoms with Crippen LogP contribution in [-0.4, -0.2) is 47.0 Å². The zero-order valence-electron chi connectivity index (χ0n) is 19.6. The lowest BCUT2D eigenvalue weighted by atomic mass is 10.0. The predicted octanol–water partition coefficient (Wildman–Crippen LogP) is 4.56. The van der Waals surface area contributed by atoms with Crippen LogP contribution in [0.3, 0.4) is 0 Å². The van der Waals surface area contributed by atoms with Gasteiger partial charge >= 0.3 is 0 Å².